The fourth-order valence-electron chi connectivity index (χ4n) is 2.82. The highest BCUT2D eigenvalue weighted by Crippen LogP contribution is 2.26. The van der Waals surface area contributed by atoms with Gasteiger partial charge in [0, 0.05) is 0 Å². The molecule has 0 spiro atoms. The fraction of sp³-hybridized carbons (Fsp3) is 0.136. The summed E-state index contributed by atoms with van der Waals surface area (Å²) in [4.78, 5) is 12.9. The van der Waals surface area contributed by atoms with Gasteiger partial charge in [-0.3, -0.25) is 9.52 Å². The molecule has 150 valence electrons. The number of aryl methyl sites for hydroxylation is 1. The molecule has 0 aliphatic heterocycles. The Morgan fingerprint density at radius 3 is 2.17 bits per heavy atom. The van der Waals surface area contributed by atoms with Crippen molar-refractivity contribution in [2.24, 2.45) is 0 Å². The Hall–Kier alpha value is -3.32. The normalized spacial score (nSPS) is 11.0. The van der Waals surface area contributed by atoms with Gasteiger partial charge in [0.1, 0.15) is 5.75 Å². The second kappa shape index (κ2) is 8.79. The number of para-hydroxylation sites is 3. The summed E-state index contributed by atoms with van der Waals surface area (Å²) in [5.74, 6) is 0.0593. The highest BCUT2D eigenvalue weighted by atomic mass is 32.2. The lowest BCUT2D eigenvalue weighted by Gasteiger charge is -2.14. The first-order valence-corrected chi connectivity index (χ1v) is 10.6. The monoisotopic (exact) mass is 410 g/mol. The van der Waals surface area contributed by atoms with E-state index in [0.717, 1.165) is 12.0 Å². The van der Waals surface area contributed by atoms with Crippen LogP contribution in [0, 0.1) is 0 Å². The van der Waals surface area contributed by atoms with Crippen molar-refractivity contribution < 1.29 is 17.9 Å². The lowest BCUT2D eigenvalue weighted by atomic mass is 10.1. The van der Waals surface area contributed by atoms with Gasteiger partial charge < -0.3 is 10.1 Å². The number of anilines is 2. The van der Waals surface area contributed by atoms with Crippen LogP contribution in [0.25, 0.3) is 0 Å². The third-order valence-electron chi connectivity index (χ3n) is 4.41. The van der Waals surface area contributed by atoms with Crippen molar-refractivity contribution in [3.05, 3.63) is 83.9 Å². The first-order chi connectivity index (χ1) is 13.9. The number of nitrogens with one attached hydrogen (secondary N) is 2. The molecular weight excluding hydrogens is 388 g/mol. The highest BCUT2D eigenvalue weighted by Gasteiger charge is 2.19. The van der Waals surface area contributed by atoms with Gasteiger partial charge in [-0.2, -0.15) is 0 Å². The zero-order chi connectivity index (χ0) is 20.9. The number of carbonyl (C=O) groups is 1. The zero-order valence-corrected chi connectivity index (χ0v) is 17.0. The summed E-state index contributed by atoms with van der Waals surface area (Å²) in [6.45, 7) is 2.00. The molecule has 0 aromatic heterocycles. The maximum absolute atomic E-state index is 12.8. The molecule has 0 aliphatic carbocycles. The molecule has 2 N–H and O–H groups in total. The van der Waals surface area contributed by atoms with Gasteiger partial charge in [0.15, 0.2) is 0 Å². The van der Waals surface area contributed by atoms with Crippen molar-refractivity contribution >= 4 is 27.3 Å². The molecule has 1 amide bonds. The third-order valence-corrected chi connectivity index (χ3v) is 5.79. The van der Waals surface area contributed by atoms with E-state index in [-0.39, 0.29) is 16.1 Å². The molecule has 0 fully saturated rings. The van der Waals surface area contributed by atoms with Gasteiger partial charge in [-0.1, -0.05) is 43.3 Å². The quantitative estimate of drug-likeness (QED) is 0.608. The van der Waals surface area contributed by atoms with E-state index in [2.05, 4.69) is 10.0 Å². The van der Waals surface area contributed by atoms with Crippen molar-refractivity contribution in [1.29, 1.82) is 0 Å². The molecule has 3 aromatic carbocycles. The Morgan fingerprint density at radius 2 is 1.52 bits per heavy atom. The van der Waals surface area contributed by atoms with Crippen molar-refractivity contribution in [3.8, 4) is 5.75 Å². The van der Waals surface area contributed by atoms with Gasteiger partial charge in [0.05, 0.1) is 28.9 Å². The average Bonchev–Trinajstić information content (AvgIpc) is 2.74. The van der Waals surface area contributed by atoms with E-state index in [1.54, 1.807) is 72.8 Å². The van der Waals surface area contributed by atoms with Gasteiger partial charge in [-0.15, -0.1) is 0 Å². The van der Waals surface area contributed by atoms with Crippen LogP contribution in [-0.2, 0) is 16.4 Å². The van der Waals surface area contributed by atoms with Crippen LogP contribution in [0.15, 0.2) is 77.7 Å². The molecule has 0 atom stereocenters. The Kier molecular flexibility index (Phi) is 6.19. The van der Waals surface area contributed by atoms with E-state index < -0.39 is 15.9 Å². The van der Waals surface area contributed by atoms with Crippen LogP contribution in [-0.4, -0.2) is 21.4 Å². The average molecular weight is 410 g/mol. The molecule has 29 heavy (non-hydrogen) atoms. The number of hydrogen-bond donors (Lipinski definition) is 2. The predicted octanol–water partition coefficient (Wildman–Crippen LogP) is 4.31. The van der Waals surface area contributed by atoms with Crippen molar-refractivity contribution in [3.63, 3.8) is 0 Å². The van der Waals surface area contributed by atoms with Gasteiger partial charge in [-0.05, 0) is 48.4 Å². The Morgan fingerprint density at radius 1 is 0.897 bits per heavy atom. The topological polar surface area (TPSA) is 84.5 Å². The minimum atomic E-state index is -3.83. The number of benzene rings is 3. The van der Waals surface area contributed by atoms with Gasteiger partial charge in [0.25, 0.3) is 15.9 Å². The van der Waals surface area contributed by atoms with Gasteiger partial charge >= 0.3 is 0 Å². The number of carbonyl (C=O) groups excluding carboxylic acids is 1. The molecule has 0 unspecified atom stereocenters. The first kappa shape index (κ1) is 20.4. The van der Waals surface area contributed by atoms with E-state index in [0.29, 0.717) is 11.4 Å². The summed E-state index contributed by atoms with van der Waals surface area (Å²) >= 11 is 0. The molecule has 3 rings (SSSR count). The second-order valence-corrected chi connectivity index (χ2v) is 7.99. The van der Waals surface area contributed by atoms with Crippen LogP contribution in [0.4, 0.5) is 11.4 Å². The summed E-state index contributed by atoms with van der Waals surface area (Å²) in [7, 11) is -2.32. The van der Waals surface area contributed by atoms with Crippen LogP contribution in [0.3, 0.4) is 0 Å². The summed E-state index contributed by atoms with van der Waals surface area (Å²) in [5, 5.41) is 2.76. The molecule has 7 heteroatoms. The number of sulfonamides is 1. The molecule has 0 bridgehead atoms. The number of hydrogen-bond acceptors (Lipinski definition) is 4. The van der Waals surface area contributed by atoms with Crippen molar-refractivity contribution in [2.75, 3.05) is 17.1 Å². The fourth-order valence-corrected chi connectivity index (χ4v) is 3.90. The van der Waals surface area contributed by atoms with Crippen LogP contribution >= 0.6 is 0 Å². The first-order valence-electron chi connectivity index (χ1n) is 9.09. The van der Waals surface area contributed by atoms with Crippen molar-refractivity contribution in [1.82, 2.24) is 0 Å². The SMILES string of the molecule is CCc1ccc(S(=O)(=O)Nc2ccccc2C(=O)Nc2ccccc2OC)cc1. The summed E-state index contributed by atoms with van der Waals surface area (Å²) in [6.07, 6.45) is 0.819. The lowest BCUT2D eigenvalue weighted by molar-refractivity contribution is 0.102. The van der Waals surface area contributed by atoms with Gasteiger partial charge in [0.2, 0.25) is 0 Å². The van der Waals surface area contributed by atoms with Crippen LogP contribution in [0.2, 0.25) is 0 Å². The van der Waals surface area contributed by atoms with E-state index in [9.17, 15) is 13.2 Å². The zero-order valence-electron chi connectivity index (χ0n) is 16.2. The Balaban J connectivity index is 1.87. The standard InChI is InChI=1S/C22H22N2O4S/c1-3-16-12-14-17(15-13-16)29(26,27)24-19-9-5-4-8-18(19)22(25)23-20-10-6-7-11-21(20)28-2/h4-15,24H,3H2,1-2H3,(H,23,25). The number of ether oxygens (including phenoxy) is 1. The van der Waals surface area contributed by atoms with Gasteiger partial charge in [-0.25, -0.2) is 8.42 Å². The van der Waals surface area contributed by atoms with Crippen LogP contribution in [0.1, 0.15) is 22.8 Å². The van der Waals surface area contributed by atoms with Crippen molar-refractivity contribution in [2.45, 2.75) is 18.2 Å². The molecule has 0 heterocycles. The largest absolute Gasteiger partial charge is 0.495 e. The minimum absolute atomic E-state index is 0.134. The lowest BCUT2D eigenvalue weighted by Crippen LogP contribution is -2.19. The molecule has 0 aliphatic rings. The van der Waals surface area contributed by atoms with E-state index in [1.807, 2.05) is 6.92 Å². The molecule has 0 saturated heterocycles. The predicted molar refractivity (Wildman–Crippen MR) is 114 cm³/mol. The Labute approximate surface area is 170 Å². The second-order valence-electron chi connectivity index (χ2n) is 6.30. The number of amides is 1. The summed E-state index contributed by atoms with van der Waals surface area (Å²) in [5.41, 5.74) is 1.93. The number of rotatable bonds is 7. The molecule has 0 radical (unpaired) electrons. The van der Waals surface area contributed by atoms with E-state index >= 15 is 0 Å². The minimum Gasteiger partial charge on any atom is -0.495 e. The van der Waals surface area contributed by atoms with Crippen LogP contribution < -0.4 is 14.8 Å². The number of methoxy groups -OCH3 is 1. The van der Waals surface area contributed by atoms with E-state index in [4.69, 9.17) is 4.74 Å². The highest BCUT2D eigenvalue weighted by molar-refractivity contribution is 7.92. The maximum atomic E-state index is 12.8. The van der Waals surface area contributed by atoms with Crippen LogP contribution in [0.5, 0.6) is 5.75 Å². The third kappa shape index (κ3) is 4.75. The summed E-state index contributed by atoms with van der Waals surface area (Å²) in [6, 6.07) is 20.1. The molecule has 0 saturated carbocycles. The smallest absolute Gasteiger partial charge is 0.261 e. The van der Waals surface area contributed by atoms with E-state index in [1.165, 1.54) is 7.11 Å². The summed E-state index contributed by atoms with van der Waals surface area (Å²) < 4.78 is 33.3. The molecule has 3 aromatic rings. The Bertz CT molecular complexity index is 1110. The molecular formula is C22H22N2O4S. The maximum Gasteiger partial charge on any atom is 0.261 e. The molecule has 6 nitrogen and oxygen atoms in total.